The van der Waals surface area contributed by atoms with E-state index in [9.17, 15) is 0 Å². The minimum Gasteiger partial charge on any atom is -0.468 e. The number of imidazole rings is 1. The standard InChI is InChI=1S/C8H9N3O/c1-11-7-6(4-3-5-9-7)10-8(11)12-2/h3-5H,1-2H3. The molecule has 0 fully saturated rings. The highest BCUT2D eigenvalue weighted by molar-refractivity contribution is 5.71. The summed E-state index contributed by atoms with van der Waals surface area (Å²) in [7, 11) is 3.47. The number of hydrogen-bond acceptors (Lipinski definition) is 3. The van der Waals surface area contributed by atoms with Gasteiger partial charge in [0.25, 0.3) is 6.01 Å². The fourth-order valence-electron chi connectivity index (χ4n) is 1.19. The average Bonchev–Trinajstić information content (AvgIpc) is 2.44. The molecule has 0 atom stereocenters. The zero-order valence-corrected chi connectivity index (χ0v) is 6.98. The van der Waals surface area contributed by atoms with Crippen molar-refractivity contribution < 1.29 is 4.74 Å². The Kier molecular flexibility index (Phi) is 1.46. The van der Waals surface area contributed by atoms with Gasteiger partial charge in [-0.15, -0.1) is 0 Å². The number of nitrogens with zero attached hydrogens (tertiary/aromatic N) is 3. The van der Waals surface area contributed by atoms with Crippen LogP contribution in [0.1, 0.15) is 0 Å². The molecule has 0 unspecified atom stereocenters. The second kappa shape index (κ2) is 2.48. The summed E-state index contributed by atoms with van der Waals surface area (Å²) in [4.78, 5) is 8.38. The van der Waals surface area contributed by atoms with E-state index in [2.05, 4.69) is 9.97 Å². The Hall–Kier alpha value is -1.58. The molecule has 12 heavy (non-hydrogen) atoms. The molecular weight excluding hydrogens is 154 g/mol. The number of methoxy groups -OCH3 is 1. The molecule has 0 spiro atoms. The number of aryl methyl sites for hydroxylation is 1. The highest BCUT2D eigenvalue weighted by Crippen LogP contribution is 2.15. The number of fused-ring (bicyclic) bond motifs is 1. The van der Waals surface area contributed by atoms with Gasteiger partial charge in [-0.25, -0.2) is 4.98 Å². The maximum absolute atomic E-state index is 5.04. The third kappa shape index (κ3) is 0.845. The molecule has 0 saturated carbocycles. The van der Waals surface area contributed by atoms with Crippen molar-refractivity contribution in [2.24, 2.45) is 7.05 Å². The Morgan fingerprint density at radius 2 is 2.33 bits per heavy atom. The fraction of sp³-hybridized carbons (Fsp3) is 0.250. The van der Waals surface area contributed by atoms with Crippen LogP contribution >= 0.6 is 0 Å². The molecule has 0 aromatic carbocycles. The molecule has 4 nitrogen and oxygen atoms in total. The molecule has 0 aliphatic carbocycles. The van der Waals surface area contributed by atoms with Crippen molar-refractivity contribution in [2.75, 3.05) is 7.11 Å². The Morgan fingerprint density at radius 3 is 3.00 bits per heavy atom. The molecule has 4 heteroatoms. The van der Waals surface area contributed by atoms with Crippen LogP contribution in [0.5, 0.6) is 6.01 Å². The van der Waals surface area contributed by atoms with Crippen LogP contribution < -0.4 is 4.74 Å². The van der Waals surface area contributed by atoms with E-state index in [-0.39, 0.29) is 0 Å². The summed E-state index contributed by atoms with van der Waals surface area (Å²) in [5.74, 6) is 0. The van der Waals surface area contributed by atoms with Gasteiger partial charge in [-0.1, -0.05) is 0 Å². The smallest absolute Gasteiger partial charge is 0.298 e. The van der Waals surface area contributed by atoms with Crippen molar-refractivity contribution in [3.8, 4) is 6.01 Å². The lowest BCUT2D eigenvalue weighted by molar-refractivity contribution is 0.368. The summed E-state index contributed by atoms with van der Waals surface area (Å²) in [6, 6.07) is 4.35. The van der Waals surface area contributed by atoms with E-state index in [1.54, 1.807) is 13.3 Å². The lowest BCUT2D eigenvalue weighted by atomic mass is 10.4. The van der Waals surface area contributed by atoms with Crippen molar-refractivity contribution in [1.29, 1.82) is 0 Å². The van der Waals surface area contributed by atoms with Gasteiger partial charge in [0.2, 0.25) is 0 Å². The molecule has 2 heterocycles. The predicted molar refractivity (Wildman–Crippen MR) is 45.1 cm³/mol. The van der Waals surface area contributed by atoms with Gasteiger partial charge in [-0.05, 0) is 12.1 Å². The summed E-state index contributed by atoms with van der Waals surface area (Å²) < 4.78 is 6.86. The predicted octanol–water partition coefficient (Wildman–Crippen LogP) is 0.977. The normalized spacial score (nSPS) is 10.5. The zero-order chi connectivity index (χ0) is 8.55. The summed E-state index contributed by atoms with van der Waals surface area (Å²) >= 11 is 0. The largest absolute Gasteiger partial charge is 0.468 e. The Labute approximate surface area is 69.8 Å². The molecule has 0 saturated heterocycles. The summed E-state index contributed by atoms with van der Waals surface area (Å²) in [5.41, 5.74) is 1.70. The van der Waals surface area contributed by atoms with Gasteiger partial charge in [-0.2, -0.15) is 4.98 Å². The molecule has 2 aromatic rings. The van der Waals surface area contributed by atoms with Crippen LogP contribution in [0.3, 0.4) is 0 Å². The SMILES string of the molecule is COc1nc2cccnc2n1C. The Bertz CT molecular complexity index is 408. The van der Waals surface area contributed by atoms with E-state index in [1.165, 1.54) is 0 Å². The quantitative estimate of drug-likeness (QED) is 0.629. The number of hydrogen-bond donors (Lipinski definition) is 0. The van der Waals surface area contributed by atoms with Gasteiger partial charge in [0.05, 0.1) is 7.11 Å². The number of aromatic nitrogens is 3. The van der Waals surface area contributed by atoms with Crippen molar-refractivity contribution in [3.63, 3.8) is 0 Å². The van der Waals surface area contributed by atoms with Crippen LogP contribution in [-0.4, -0.2) is 21.6 Å². The number of ether oxygens (including phenoxy) is 1. The second-order valence-electron chi connectivity index (χ2n) is 2.50. The average molecular weight is 163 g/mol. The first-order valence-electron chi connectivity index (χ1n) is 3.64. The van der Waals surface area contributed by atoms with Crippen LogP contribution in [0, 0.1) is 0 Å². The number of rotatable bonds is 1. The molecule has 0 N–H and O–H groups in total. The van der Waals surface area contributed by atoms with Crippen molar-refractivity contribution in [3.05, 3.63) is 18.3 Å². The number of pyridine rings is 1. The molecule has 0 radical (unpaired) electrons. The van der Waals surface area contributed by atoms with Crippen LogP contribution in [0.25, 0.3) is 11.2 Å². The molecule has 2 aromatic heterocycles. The highest BCUT2D eigenvalue weighted by Gasteiger charge is 2.06. The molecule has 0 bridgehead atoms. The third-order valence-electron chi connectivity index (χ3n) is 1.77. The topological polar surface area (TPSA) is 39.9 Å². The van der Waals surface area contributed by atoms with E-state index in [4.69, 9.17) is 4.74 Å². The zero-order valence-electron chi connectivity index (χ0n) is 6.98. The Morgan fingerprint density at radius 1 is 1.50 bits per heavy atom. The maximum Gasteiger partial charge on any atom is 0.298 e. The summed E-state index contributed by atoms with van der Waals surface area (Å²) in [5, 5.41) is 0. The minimum atomic E-state index is 0.587. The first-order chi connectivity index (χ1) is 5.83. The maximum atomic E-state index is 5.04. The third-order valence-corrected chi connectivity index (χ3v) is 1.77. The van der Waals surface area contributed by atoms with Crippen LogP contribution in [0.2, 0.25) is 0 Å². The molecular formula is C8H9N3O. The van der Waals surface area contributed by atoms with Gasteiger partial charge in [0, 0.05) is 13.2 Å². The van der Waals surface area contributed by atoms with Crippen LogP contribution in [0.4, 0.5) is 0 Å². The van der Waals surface area contributed by atoms with Gasteiger partial charge in [0.1, 0.15) is 5.52 Å². The van der Waals surface area contributed by atoms with Crippen molar-refractivity contribution in [2.45, 2.75) is 0 Å². The van der Waals surface area contributed by atoms with Crippen molar-refractivity contribution in [1.82, 2.24) is 14.5 Å². The monoisotopic (exact) mass is 163 g/mol. The van der Waals surface area contributed by atoms with Crippen molar-refractivity contribution >= 4 is 11.2 Å². The summed E-state index contributed by atoms with van der Waals surface area (Å²) in [6.45, 7) is 0. The van der Waals surface area contributed by atoms with Gasteiger partial charge < -0.3 is 4.74 Å². The van der Waals surface area contributed by atoms with E-state index >= 15 is 0 Å². The van der Waals surface area contributed by atoms with E-state index < -0.39 is 0 Å². The first kappa shape index (κ1) is 7.09. The van der Waals surface area contributed by atoms with E-state index in [1.807, 2.05) is 23.7 Å². The molecule has 2 rings (SSSR count). The van der Waals surface area contributed by atoms with Crippen LogP contribution in [0.15, 0.2) is 18.3 Å². The lowest BCUT2D eigenvalue weighted by Crippen LogP contribution is -1.94. The molecule has 0 amide bonds. The lowest BCUT2D eigenvalue weighted by Gasteiger charge is -1.96. The first-order valence-corrected chi connectivity index (χ1v) is 3.64. The highest BCUT2D eigenvalue weighted by atomic mass is 16.5. The fourth-order valence-corrected chi connectivity index (χ4v) is 1.19. The van der Waals surface area contributed by atoms with E-state index in [0.29, 0.717) is 6.01 Å². The minimum absolute atomic E-state index is 0.587. The van der Waals surface area contributed by atoms with E-state index in [0.717, 1.165) is 11.2 Å². The van der Waals surface area contributed by atoms with Gasteiger partial charge in [-0.3, -0.25) is 4.57 Å². The van der Waals surface area contributed by atoms with Gasteiger partial charge >= 0.3 is 0 Å². The van der Waals surface area contributed by atoms with Gasteiger partial charge in [0.15, 0.2) is 5.65 Å². The molecule has 0 aliphatic rings. The second-order valence-corrected chi connectivity index (χ2v) is 2.50. The van der Waals surface area contributed by atoms with Crippen LogP contribution in [-0.2, 0) is 7.05 Å². The molecule has 0 aliphatic heterocycles. The molecule has 62 valence electrons. The summed E-state index contributed by atoms with van der Waals surface area (Å²) in [6.07, 6.45) is 1.74. The Balaban J connectivity index is 2.78.